The summed E-state index contributed by atoms with van der Waals surface area (Å²) < 4.78 is 0. The fourth-order valence-corrected chi connectivity index (χ4v) is 1.92. The molecule has 0 aromatic carbocycles. The Kier molecular flexibility index (Phi) is 3.05. The van der Waals surface area contributed by atoms with E-state index in [1.165, 1.54) is 12.7 Å². The molecule has 1 aliphatic carbocycles. The molecule has 0 saturated heterocycles. The van der Waals surface area contributed by atoms with Gasteiger partial charge in [0.25, 0.3) is 0 Å². The van der Waals surface area contributed by atoms with Gasteiger partial charge in [-0.05, 0) is 30.3 Å². The van der Waals surface area contributed by atoms with Crippen LogP contribution in [0.1, 0.15) is 34.1 Å². The molecule has 0 nitrogen and oxygen atoms in total. The van der Waals surface area contributed by atoms with Gasteiger partial charge < -0.3 is 0 Å². The van der Waals surface area contributed by atoms with Gasteiger partial charge in [0, 0.05) is 0 Å². The molecule has 72 valence electrons. The zero-order valence-electron chi connectivity index (χ0n) is 9.65. The number of rotatable bonds is 2. The van der Waals surface area contributed by atoms with E-state index >= 15 is 0 Å². The fraction of sp³-hybridized carbons (Fsp3) is 0.667. The van der Waals surface area contributed by atoms with Crippen LogP contribution < -0.4 is 0 Å². The van der Waals surface area contributed by atoms with Crippen LogP contribution in [-0.4, -0.2) is 7.85 Å². The van der Waals surface area contributed by atoms with Crippen LogP contribution in [0.2, 0.25) is 6.32 Å². The summed E-state index contributed by atoms with van der Waals surface area (Å²) in [6.45, 7) is 9.31. The summed E-state index contributed by atoms with van der Waals surface area (Å²) in [4.78, 5) is 0. The molecule has 0 amide bonds. The predicted molar refractivity (Wildman–Crippen MR) is 62.8 cm³/mol. The summed E-state index contributed by atoms with van der Waals surface area (Å²) in [5.41, 5.74) is 3.51. The number of hydrogen-bond donors (Lipinski definition) is 0. The van der Waals surface area contributed by atoms with Crippen molar-refractivity contribution >= 4 is 7.85 Å². The zero-order chi connectivity index (χ0) is 10.1. The van der Waals surface area contributed by atoms with Crippen molar-refractivity contribution in [2.45, 2.75) is 40.4 Å². The summed E-state index contributed by atoms with van der Waals surface area (Å²) in [6.07, 6.45) is 7.17. The molecule has 0 fully saturated rings. The van der Waals surface area contributed by atoms with Crippen molar-refractivity contribution in [2.75, 3.05) is 0 Å². The first-order chi connectivity index (χ1) is 6.00. The SMILES string of the molecule is BCCC1=C(C)C(C)(C)C(C)C=C1. The van der Waals surface area contributed by atoms with Crippen LogP contribution in [0.3, 0.4) is 0 Å². The van der Waals surface area contributed by atoms with Crippen molar-refractivity contribution in [1.82, 2.24) is 0 Å². The van der Waals surface area contributed by atoms with E-state index < -0.39 is 0 Å². The van der Waals surface area contributed by atoms with Crippen LogP contribution in [0.25, 0.3) is 0 Å². The second-order valence-electron chi connectivity index (χ2n) is 4.77. The van der Waals surface area contributed by atoms with Gasteiger partial charge in [-0.3, -0.25) is 0 Å². The monoisotopic (exact) mass is 176 g/mol. The van der Waals surface area contributed by atoms with Gasteiger partial charge in [0.2, 0.25) is 0 Å². The van der Waals surface area contributed by atoms with Crippen molar-refractivity contribution in [3.63, 3.8) is 0 Å². The summed E-state index contributed by atoms with van der Waals surface area (Å²) in [5, 5.41) is 0. The molecular formula is C12H21B. The van der Waals surface area contributed by atoms with E-state index in [1.807, 2.05) is 0 Å². The highest BCUT2D eigenvalue weighted by Gasteiger charge is 2.29. The molecule has 0 saturated carbocycles. The molecule has 0 radical (unpaired) electrons. The molecule has 0 bridgehead atoms. The van der Waals surface area contributed by atoms with Gasteiger partial charge in [0.15, 0.2) is 0 Å². The van der Waals surface area contributed by atoms with Gasteiger partial charge in [0.1, 0.15) is 7.85 Å². The highest BCUT2D eigenvalue weighted by Crippen LogP contribution is 2.41. The lowest BCUT2D eigenvalue weighted by atomic mass is 9.69. The highest BCUT2D eigenvalue weighted by atomic mass is 14.3. The second kappa shape index (κ2) is 3.73. The summed E-state index contributed by atoms with van der Waals surface area (Å²) in [5.74, 6) is 0.674. The fourth-order valence-electron chi connectivity index (χ4n) is 1.92. The quantitative estimate of drug-likeness (QED) is 0.567. The predicted octanol–water partition coefficient (Wildman–Crippen LogP) is 2.98. The first-order valence-electron chi connectivity index (χ1n) is 5.38. The normalized spacial score (nSPS) is 26.6. The van der Waals surface area contributed by atoms with Gasteiger partial charge in [-0.25, -0.2) is 0 Å². The van der Waals surface area contributed by atoms with Crippen molar-refractivity contribution in [2.24, 2.45) is 11.3 Å². The van der Waals surface area contributed by atoms with Crippen LogP contribution >= 0.6 is 0 Å². The van der Waals surface area contributed by atoms with Gasteiger partial charge in [-0.15, -0.1) is 0 Å². The second-order valence-corrected chi connectivity index (χ2v) is 4.77. The molecule has 1 heteroatoms. The molecule has 0 aromatic rings. The van der Waals surface area contributed by atoms with E-state index in [-0.39, 0.29) is 0 Å². The largest absolute Gasteiger partial charge is 0.101 e. The number of allylic oxidation sites excluding steroid dienone is 4. The van der Waals surface area contributed by atoms with Crippen LogP contribution in [-0.2, 0) is 0 Å². The molecule has 1 unspecified atom stereocenters. The average molecular weight is 176 g/mol. The molecule has 13 heavy (non-hydrogen) atoms. The van der Waals surface area contributed by atoms with Crippen LogP contribution in [0.4, 0.5) is 0 Å². The highest BCUT2D eigenvalue weighted by molar-refractivity contribution is 6.08. The maximum Gasteiger partial charge on any atom is 0.101 e. The summed E-state index contributed by atoms with van der Waals surface area (Å²) in [6, 6.07) is 0. The molecule has 0 aromatic heterocycles. The Bertz CT molecular complexity index is 246. The van der Waals surface area contributed by atoms with Crippen molar-refractivity contribution in [1.29, 1.82) is 0 Å². The Morgan fingerprint density at radius 3 is 2.62 bits per heavy atom. The Labute approximate surface area is 83.5 Å². The molecule has 0 heterocycles. The maximum atomic E-state index is 2.36. The van der Waals surface area contributed by atoms with Crippen LogP contribution in [0.15, 0.2) is 23.3 Å². The molecule has 0 spiro atoms. The van der Waals surface area contributed by atoms with Gasteiger partial charge in [0.05, 0.1) is 0 Å². The standard InChI is InChI=1S/C12H21B/c1-9-5-6-11(7-8-13)10(2)12(9,3)4/h5-6,9H,7-8,13H2,1-4H3. The smallest absolute Gasteiger partial charge is 0.0806 e. The Hall–Kier alpha value is -0.455. The Balaban J connectivity index is 2.97. The molecule has 1 rings (SSSR count). The molecule has 0 N–H and O–H groups in total. The Morgan fingerprint density at radius 2 is 2.08 bits per heavy atom. The molecular weight excluding hydrogens is 155 g/mol. The van der Waals surface area contributed by atoms with Gasteiger partial charge in [-0.1, -0.05) is 44.8 Å². The minimum atomic E-state index is 0.360. The van der Waals surface area contributed by atoms with E-state index in [0.717, 1.165) is 0 Å². The summed E-state index contributed by atoms with van der Waals surface area (Å²) in [7, 11) is 2.25. The van der Waals surface area contributed by atoms with E-state index in [1.54, 1.807) is 11.1 Å². The lowest BCUT2D eigenvalue weighted by Crippen LogP contribution is -2.25. The van der Waals surface area contributed by atoms with E-state index in [0.29, 0.717) is 11.3 Å². The third-order valence-corrected chi connectivity index (χ3v) is 3.69. The molecule has 1 aliphatic rings. The van der Waals surface area contributed by atoms with Crippen LogP contribution in [0, 0.1) is 11.3 Å². The zero-order valence-corrected chi connectivity index (χ0v) is 9.65. The van der Waals surface area contributed by atoms with Crippen molar-refractivity contribution in [3.05, 3.63) is 23.3 Å². The first-order valence-corrected chi connectivity index (χ1v) is 5.38. The topological polar surface area (TPSA) is 0 Å². The maximum absolute atomic E-state index is 2.36. The number of hydrogen-bond acceptors (Lipinski definition) is 0. The van der Waals surface area contributed by atoms with E-state index in [2.05, 4.69) is 47.7 Å². The minimum absolute atomic E-state index is 0.360. The van der Waals surface area contributed by atoms with Gasteiger partial charge >= 0.3 is 0 Å². The summed E-state index contributed by atoms with van der Waals surface area (Å²) >= 11 is 0. The van der Waals surface area contributed by atoms with Crippen LogP contribution in [0.5, 0.6) is 0 Å². The van der Waals surface area contributed by atoms with E-state index in [9.17, 15) is 0 Å². The third kappa shape index (κ3) is 1.90. The van der Waals surface area contributed by atoms with Gasteiger partial charge in [-0.2, -0.15) is 0 Å². The average Bonchev–Trinajstić information content (AvgIpc) is 2.08. The molecule has 1 atom stereocenters. The van der Waals surface area contributed by atoms with E-state index in [4.69, 9.17) is 0 Å². The lowest BCUT2D eigenvalue weighted by molar-refractivity contribution is 0.334. The van der Waals surface area contributed by atoms with Crippen molar-refractivity contribution in [3.8, 4) is 0 Å². The lowest BCUT2D eigenvalue weighted by Gasteiger charge is -2.36. The minimum Gasteiger partial charge on any atom is -0.0806 e. The molecule has 0 aliphatic heterocycles. The van der Waals surface area contributed by atoms with Crippen molar-refractivity contribution < 1.29 is 0 Å². The third-order valence-electron chi connectivity index (χ3n) is 3.69. The first kappa shape index (κ1) is 10.6. The Morgan fingerprint density at radius 1 is 1.46 bits per heavy atom.